The van der Waals surface area contributed by atoms with Crippen LogP contribution >= 0.6 is 0 Å². The number of nitriles is 1. The van der Waals surface area contributed by atoms with E-state index in [4.69, 9.17) is 14.4 Å². The number of carbonyl (C=O) groups is 1. The van der Waals surface area contributed by atoms with Crippen LogP contribution in [-0.4, -0.2) is 56.9 Å². The summed E-state index contributed by atoms with van der Waals surface area (Å²) < 4.78 is 11.6. The Labute approximate surface area is 189 Å². The molecule has 0 spiro atoms. The maximum atomic E-state index is 12.8. The molecular weight excluding hydrogens is 406 g/mol. The topological polar surface area (TPSA) is 95.5 Å². The van der Waals surface area contributed by atoms with Crippen molar-refractivity contribution < 1.29 is 13.9 Å². The molecular formula is C24H31N5O3. The van der Waals surface area contributed by atoms with Gasteiger partial charge in [-0.15, -0.1) is 10.2 Å². The molecule has 1 amide bonds. The fourth-order valence-electron chi connectivity index (χ4n) is 4.68. The first kappa shape index (κ1) is 22.3. The van der Waals surface area contributed by atoms with E-state index >= 15 is 0 Å². The van der Waals surface area contributed by atoms with Crippen LogP contribution in [0.15, 0.2) is 28.7 Å². The summed E-state index contributed by atoms with van der Waals surface area (Å²) in [5.74, 6) is 1.02. The lowest BCUT2D eigenvalue weighted by Crippen LogP contribution is -2.53. The van der Waals surface area contributed by atoms with Crippen molar-refractivity contribution in [2.45, 2.75) is 77.1 Å². The fraction of sp³-hybridized carbons (Fsp3) is 0.583. The van der Waals surface area contributed by atoms with Gasteiger partial charge in [0.15, 0.2) is 0 Å². The molecule has 2 aromatic rings. The van der Waals surface area contributed by atoms with Crippen LogP contribution in [0.1, 0.15) is 64.3 Å². The predicted octanol–water partition coefficient (Wildman–Crippen LogP) is 4.36. The van der Waals surface area contributed by atoms with Crippen molar-refractivity contribution in [3.8, 4) is 17.5 Å². The number of carbonyl (C=O) groups excluding carboxylic acids is 1. The highest BCUT2D eigenvalue weighted by Gasteiger charge is 2.40. The molecule has 170 valence electrons. The van der Waals surface area contributed by atoms with Crippen molar-refractivity contribution in [2.24, 2.45) is 0 Å². The molecule has 1 aromatic heterocycles. The van der Waals surface area contributed by atoms with Crippen molar-refractivity contribution in [1.82, 2.24) is 20.0 Å². The van der Waals surface area contributed by atoms with Crippen LogP contribution in [-0.2, 0) is 11.3 Å². The number of amides is 1. The van der Waals surface area contributed by atoms with Crippen molar-refractivity contribution in [2.75, 3.05) is 13.1 Å². The highest BCUT2D eigenvalue weighted by Crippen LogP contribution is 2.31. The predicted molar refractivity (Wildman–Crippen MR) is 118 cm³/mol. The second kappa shape index (κ2) is 9.29. The number of benzene rings is 1. The summed E-state index contributed by atoms with van der Waals surface area (Å²) in [6, 6.07) is 9.62. The second-order valence-corrected chi connectivity index (χ2v) is 9.61. The summed E-state index contributed by atoms with van der Waals surface area (Å²) in [4.78, 5) is 17.1. The number of aromatic nitrogens is 2. The van der Waals surface area contributed by atoms with Crippen molar-refractivity contribution in [3.63, 3.8) is 0 Å². The van der Waals surface area contributed by atoms with E-state index in [9.17, 15) is 4.79 Å². The molecule has 2 atom stereocenters. The van der Waals surface area contributed by atoms with Crippen LogP contribution in [0.3, 0.4) is 0 Å². The van der Waals surface area contributed by atoms with Gasteiger partial charge < -0.3 is 14.1 Å². The van der Waals surface area contributed by atoms with E-state index in [1.165, 1.54) is 0 Å². The second-order valence-electron chi connectivity index (χ2n) is 9.61. The quantitative estimate of drug-likeness (QED) is 0.701. The van der Waals surface area contributed by atoms with E-state index in [-0.39, 0.29) is 18.2 Å². The Morgan fingerprint density at radius 1 is 1.12 bits per heavy atom. The number of rotatable bonds is 4. The molecule has 4 rings (SSSR count). The molecule has 1 aromatic carbocycles. The van der Waals surface area contributed by atoms with Crippen molar-refractivity contribution in [1.29, 1.82) is 5.26 Å². The summed E-state index contributed by atoms with van der Waals surface area (Å²) >= 11 is 0. The Morgan fingerprint density at radius 3 is 2.59 bits per heavy atom. The number of likely N-dealkylation sites (tertiary alicyclic amines) is 2. The fourth-order valence-corrected chi connectivity index (χ4v) is 4.68. The van der Waals surface area contributed by atoms with E-state index in [1.54, 1.807) is 12.1 Å². The molecule has 32 heavy (non-hydrogen) atoms. The van der Waals surface area contributed by atoms with Gasteiger partial charge in [-0.3, -0.25) is 4.90 Å². The Morgan fingerprint density at radius 2 is 1.88 bits per heavy atom. The van der Waals surface area contributed by atoms with Crippen LogP contribution in [0.25, 0.3) is 11.5 Å². The van der Waals surface area contributed by atoms with E-state index in [0.29, 0.717) is 23.9 Å². The monoisotopic (exact) mass is 437 g/mol. The maximum Gasteiger partial charge on any atom is 0.410 e. The molecule has 0 N–H and O–H groups in total. The third-order valence-corrected chi connectivity index (χ3v) is 6.10. The number of piperidine rings is 1. The molecule has 2 saturated heterocycles. The third-order valence-electron chi connectivity index (χ3n) is 6.10. The lowest BCUT2D eigenvalue weighted by Gasteiger charge is -2.41. The molecule has 0 saturated carbocycles. The molecule has 0 radical (unpaired) electrons. The number of nitrogens with zero attached hydrogens (tertiary/aromatic N) is 5. The van der Waals surface area contributed by atoms with Crippen LogP contribution in [0.2, 0.25) is 0 Å². The number of ether oxygens (including phenoxy) is 1. The molecule has 8 heteroatoms. The van der Waals surface area contributed by atoms with E-state index in [0.717, 1.165) is 50.8 Å². The van der Waals surface area contributed by atoms with Gasteiger partial charge in [0.2, 0.25) is 11.8 Å². The third kappa shape index (κ3) is 5.10. The van der Waals surface area contributed by atoms with Gasteiger partial charge in [-0.25, -0.2) is 4.79 Å². The zero-order chi connectivity index (χ0) is 22.7. The van der Waals surface area contributed by atoms with Gasteiger partial charge in [0.25, 0.3) is 0 Å². The largest absolute Gasteiger partial charge is 0.444 e. The lowest BCUT2D eigenvalue weighted by atomic mass is 9.94. The Hall–Kier alpha value is -2.92. The highest BCUT2D eigenvalue weighted by molar-refractivity contribution is 5.69. The van der Waals surface area contributed by atoms with Crippen LogP contribution in [0.4, 0.5) is 4.79 Å². The van der Waals surface area contributed by atoms with E-state index < -0.39 is 5.60 Å². The van der Waals surface area contributed by atoms with Crippen LogP contribution in [0.5, 0.6) is 0 Å². The maximum absolute atomic E-state index is 12.8. The zero-order valence-electron chi connectivity index (χ0n) is 19.1. The standard InChI is InChI=1S/C24H31N5O3/c1-24(2,3)32-23(30)29-14-6-8-20(29)19-7-4-5-13-28(19)16-21-26-27-22(31-21)18-11-9-17(15-25)10-12-18/h9-12,19-20H,4-8,13-14,16H2,1-3H3/t19-,20-/m0/s1. The molecule has 2 aliphatic heterocycles. The molecule has 0 unspecified atom stereocenters. The van der Waals surface area contributed by atoms with Gasteiger partial charge >= 0.3 is 6.09 Å². The van der Waals surface area contributed by atoms with Crippen LogP contribution in [0, 0.1) is 11.3 Å². The van der Waals surface area contributed by atoms with E-state index in [1.807, 2.05) is 37.8 Å². The van der Waals surface area contributed by atoms with Crippen molar-refractivity contribution >= 4 is 6.09 Å². The smallest absolute Gasteiger partial charge is 0.410 e. The first-order valence-electron chi connectivity index (χ1n) is 11.4. The normalized spacial score (nSPS) is 22.0. The summed E-state index contributed by atoms with van der Waals surface area (Å²) in [6.45, 7) is 7.97. The van der Waals surface area contributed by atoms with Gasteiger partial charge in [-0.05, 0) is 77.3 Å². The van der Waals surface area contributed by atoms with Gasteiger partial charge in [0, 0.05) is 18.2 Å². The Kier molecular flexibility index (Phi) is 6.47. The summed E-state index contributed by atoms with van der Waals surface area (Å²) in [5.41, 5.74) is 0.891. The van der Waals surface area contributed by atoms with Gasteiger partial charge in [-0.1, -0.05) is 6.42 Å². The van der Waals surface area contributed by atoms with Gasteiger partial charge in [0.1, 0.15) is 5.60 Å². The summed E-state index contributed by atoms with van der Waals surface area (Å²) in [6.07, 6.45) is 5.08. The van der Waals surface area contributed by atoms with Crippen molar-refractivity contribution in [3.05, 3.63) is 35.7 Å². The Bertz CT molecular complexity index is 973. The minimum Gasteiger partial charge on any atom is -0.444 e. The SMILES string of the molecule is CC(C)(C)OC(=O)N1CCC[C@H]1[C@@H]1CCCCN1Cc1nnc(-c2ccc(C#N)cc2)o1. The number of hydrogen-bond donors (Lipinski definition) is 0. The average molecular weight is 438 g/mol. The minimum absolute atomic E-state index is 0.145. The lowest BCUT2D eigenvalue weighted by molar-refractivity contribution is 0.00540. The molecule has 8 nitrogen and oxygen atoms in total. The van der Waals surface area contributed by atoms with Gasteiger partial charge in [0.05, 0.1) is 24.2 Å². The summed E-state index contributed by atoms with van der Waals surface area (Å²) in [7, 11) is 0. The molecule has 2 fully saturated rings. The average Bonchev–Trinajstić information content (AvgIpc) is 3.43. The molecule has 0 aliphatic carbocycles. The summed E-state index contributed by atoms with van der Waals surface area (Å²) in [5, 5.41) is 17.4. The molecule has 0 bridgehead atoms. The van der Waals surface area contributed by atoms with Gasteiger partial charge in [-0.2, -0.15) is 5.26 Å². The zero-order valence-corrected chi connectivity index (χ0v) is 19.1. The van der Waals surface area contributed by atoms with E-state index in [2.05, 4.69) is 21.2 Å². The Balaban J connectivity index is 1.46. The number of hydrogen-bond acceptors (Lipinski definition) is 7. The molecule has 2 aliphatic rings. The minimum atomic E-state index is -0.498. The highest BCUT2D eigenvalue weighted by atomic mass is 16.6. The first-order valence-corrected chi connectivity index (χ1v) is 11.4. The first-order chi connectivity index (χ1) is 15.3. The van der Waals surface area contributed by atoms with Crippen LogP contribution < -0.4 is 0 Å². The molecule has 3 heterocycles.